The minimum absolute atomic E-state index is 0.00661. The van der Waals surface area contributed by atoms with Gasteiger partial charge in [0.2, 0.25) is 23.6 Å². The molecule has 22 heteroatoms. The number of aromatic nitrogens is 5. The molecule has 9 heterocycles. The highest BCUT2D eigenvalue weighted by atomic mass is 32.1. The number of nitrogens with zero attached hydrogens (tertiary/aromatic N) is 11. The van der Waals surface area contributed by atoms with E-state index in [1.165, 1.54) is 4.90 Å². The van der Waals surface area contributed by atoms with Gasteiger partial charge in [0, 0.05) is 126 Å². The first-order valence-electron chi connectivity index (χ1n) is 31.9. The van der Waals surface area contributed by atoms with Crippen LogP contribution in [-0.4, -0.2) is 176 Å². The van der Waals surface area contributed by atoms with Crippen LogP contribution in [0.5, 0.6) is 11.6 Å². The topological polar surface area (TPSA) is 245 Å². The molecule has 4 aromatic heterocycles. The number of likely N-dealkylation sites (tertiary alicyclic amines) is 2. The molecule has 2 aromatic carbocycles. The van der Waals surface area contributed by atoms with Crippen LogP contribution in [0.3, 0.4) is 0 Å². The molecule has 88 heavy (non-hydrogen) atoms. The average Bonchev–Trinajstić information content (AvgIpc) is 2.16. The lowest BCUT2D eigenvalue weighted by atomic mass is 9.90. The Morgan fingerprint density at radius 1 is 0.841 bits per heavy atom. The number of carbonyl (C=O) groups is 3. The lowest BCUT2D eigenvalue weighted by Gasteiger charge is -2.43. The van der Waals surface area contributed by atoms with Crippen LogP contribution in [0.2, 0.25) is 0 Å². The van der Waals surface area contributed by atoms with Gasteiger partial charge in [0.05, 0.1) is 45.8 Å². The number of fused-ring (bicyclic) bond motifs is 2. The van der Waals surface area contributed by atoms with E-state index in [2.05, 4.69) is 62.4 Å². The first-order valence-corrected chi connectivity index (χ1v) is 32.8. The quantitative estimate of drug-likeness (QED) is 0.0600. The summed E-state index contributed by atoms with van der Waals surface area (Å²) in [7, 11) is 1.80. The van der Waals surface area contributed by atoms with Crippen LogP contribution in [-0.2, 0) is 19.1 Å². The number of aryl methyl sites for hydroxylation is 1. The number of piperidine rings is 2. The standard InChI is InChI=1S/C66H83N13O8S/c1-39(2)60(65(83)78-37-48(80)29-55(78)64(82)70-61(66(84)74(4)44-8-7-9-44)42-12-14-43(15-13-42)62-40(3)69-38-88-62)57-33-58(73-87-57)76-26-19-41(20-27-76)34-75-24-21-49(22-25-75)85-50-30-51(31-50)86-59-28-45(18-23-68-59)79-46-16-17-47(79)36-77(35-46)54-32-53(71-72-63(54)67)52-10-5-6-11-56(52)81/h5-6,10-15,18,23,28,32-33,38-39,41,44,46-51,55,60-61,80-81H,7-9,16-17,19-22,24-27,29-31,34-37H2,1-4H3,(H2,67,72)(H,70,82)/t46-,47?,48-,50?,51?,55+,60+,61-/m1/s1. The number of piperazine rings is 1. The third-order valence-electron chi connectivity index (χ3n) is 19.9. The van der Waals surface area contributed by atoms with Gasteiger partial charge in [0.15, 0.2) is 17.4 Å². The van der Waals surface area contributed by atoms with Crippen molar-refractivity contribution in [3.63, 3.8) is 0 Å². The molecule has 0 spiro atoms. The van der Waals surface area contributed by atoms with Crippen LogP contribution in [0.25, 0.3) is 21.7 Å². The number of amides is 3. The monoisotopic (exact) mass is 1220 g/mol. The Hall–Kier alpha value is -7.40. The van der Waals surface area contributed by atoms with Crippen molar-refractivity contribution in [3.05, 3.63) is 102 Å². The number of benzene rings is 2. The Kier molecular flexibility index (Phi) is 17.3. The number of aliphatic hydroxyl groups excluding tert-OH is 1. The molecule has 13 rings (SSSR count). The number of aromatic hydroxyl groups is 1. The van der Waals surface area contributed by atoms with Crippen molar-refractivity contribution in [2.24, 2.45) is 11.8 Å². The zero-order valence-electron chi connectivity index (χ0n) is 50.9. The van der Waals surface area contributed by atoms with Crippen LogP contribution < -0.4 is 30.5 Å². The van der Waals surface area contributed by atoms with Gasteiger partial charge in [-0.2, -0.15) is 0 Å². The van der Waals surface area contributed by atoms with Crippen LogP contribution >= 0.6 is 11.3 Å². The summed E-state index contributed by atoms with van der Waals surface area (Å²) < 4.78 is 19.1. The number of para-hydroxylation sites is 1. The zero-order valence-corrected chi connectivity index (χ0v) is 51.7. The molecule has 6 aromatic rings. The molecule has 0 radical (unpaired) electrons. The predicted octanol–water partition coefficient (Wildman–Crippen LogP) is 7.98. The number of thiazole rings is 1. The highest BCUT2D eigenvalue weighted by Gasteiger charge is 2.46. The van der Waals surface area contributed by atoms with E-state index in [1.807, 2.05) is 81.0 Å². The largest absolute Gasteiger partial charge is 0.507 e. The number of hydrogen-bond donors (Lipinski definition) is 4. The molecule has 7 aliphatic rings. The lowest BCUT2D eigenvalue weighted by Crippen LogP contribution is -2.54. The van der Waals surface area contributed by atoms with Crippen LogP contribution in [0.15, 0.2) is 89.0 Å². The van der Waals surface area contributed by atoms with E-state index < -0.39 is 30.0 Å². The first-order chi connectivity index (χ1) is 42.7. The molecular weight excluding hydrogens is 1130 g/mol. The summed E-state index contributed by atoms with van der Waals surface area (Å²) in [6, 6.07) is 21.6. The Balaban J connectivity index is 0.551. The molecule has 21 nitrogen and oxygen atoms in total. The number of carbonyl (C=O) groups excluding carboxylic acids is 3. The number of likely N-dealkylation sites (N-methyl/N-ethyl adjacent to an activating group) is 1. The van der Waals surface area contributed by atoms with Crippen molar-refractivity contribution >= 4 is 52.1 Å². The highest BCUT2D eigenvalue weighted by molar-refractivity contribution is 7.13. The molecular formula is C66H83N13O8S. The fourth-order valence-electron chi connectivity index (χ4n) is 14.6. The maximum Gasteiger partial charge on any atom is 0.249 e. The number of pyridine rings is 1. The predicted molar refractivity (Wildman–Crippen MR) is 336 cm³/mol. The molecule has 2 bridgehead atoms. The molecule has 1 unspecified atom stereocenters. The number of β-amino-alcohol motifs (C(OH)–C–C–N with tert-alkyl or cyclic N) is 1. The fraction of sp³-hybridized carbons (Fsp3) is 0.545. The number of phenolic OH excluding ortho intramolecular Hbond substituents is 1. The smallest absolute Gasteiger partial charge is 0.249 e. The number of hydrogen-bond acceptors (Lipinski definition) is 19. The molecule has 2 saturated carbocycles. The third kappa shape index (κ3) is 12.5. The molecule has 5 N–H and O–H groups in total. The second-order valence-corrected chi connectivity index (χ2v) is 26.9. The van der Waals surface area contributed by atoms with Crippen molar-refractivity contribution in [3.8, 4) is 33.3 Å². The van der Waals surface area contributed by atoms with Gasteiger partial charge >= 0.3 is 0 Å². The SMILES string of the molecule is Cc1ncsc1-c1ccc([C@@H](NC(=O)[C@@H]2C[C@@H](O)CN2C(=O)[C@H](c2cc(N3CCC(CN4CCC(OC5CC(Oc6cc(N7C8CC[C@@H]7CN(c7cc(-c9ccccc9O)nnc7N)C8)ccn6)C5)CC4)CC3)no2)C(C)C)C(=O)N(C)C2CCC2)cc1. The van der Waals surface area contributed by atoms with E-state index in [0.29, 0.717) is 58.1 Å². The summed E-state index contributed by atoms with van der Waals surface area (Å²) in [5, 5.41) is 37.7. The summed E-state index contributed by atoms with van der Waals surface area (Å²) in [5.41, 5.74) is 14.0. The van der Waals surface area contributed by atoms with Crippen molar-refractivity contribution in [1.29, 1.82) is 0 Å². The van der Waals surface area contributed by atoms with E-state index in [4.69, 9.17) is 19.7 Å². The second-order valence-electron chi connectivity index (χ2n) is 26.0. The van der Waals surface area contributed by atoms with Crippen molar-refractivity contribution in [1.82, 2.24) is 45.3 Å². The number of rotatable bonds is 19. The summed E-state index contributed by atoms with van der Waals surface area (Å²) in [5.74, 6) is 0.954. The average molecular weight is 1220 g/mol. The lowest BCUT2D eigenvalue weighted by molar-refractivity contribution is -0.143. The zero-order chi connectivity index (χ0) is 60.7. The van der Waals surface area contributed by atoms with Gasteiger partial charge in [0.1, 0.15) is 29.9 Å². The number of nitrogens with two attached hydrogens (primary N) is 1. The Labute approximate surface area is 518 Å². The van der Waals surface area contributed by atoms with Gasteiger partial charge < -0.3 is 64.7 Å². The second kappa shape index (κ2) is 25.6. The highest BCUT2D eigenvalue weighted by Crippen LogP contribution is 2.42. The third-order valence-corrected chi connectivity index (χ3v) is 20.9. The maximum absolute atomic E-state index is 14.7. The molecule has 2 aliphatic carbocycles. The molecule has 7 fully saturated rings. The summed E-state index contributed by atoms with van der Waals surface area (Å²) >= 11 is 1.55. The van der Waals surface area contributed by atoms with Gasteiger partial charge in [-0.3, -0.25) is 14.4 Å². The van der Waals surface area contributed by atoms with Gasteiger partial charge in [-0.25, -0.2) is 9.97 Å². The van der Waals surface area contributed by atoms with E-state index in [-0.39, 0.29) is 60.8 Å². The molecule has 5 aliphatic heterocycles. The van der Waals surface area contributed by atoms with Crippen LogP contribution in [0, 0.1) is 18.8 Å². The Morgan fingerprint density at radius 3 is 2.28 bits per heavy atom. The van der Waals surface area contributed by atoms with Gasteiger partial charge in [-0.15, -0.1) is 21.5 Å². The van der Waals surface area contributed by atoms with E-state index >= 15 is 0 Å². The number of nitrogen functional groups attached to an aromatic ring is 1. The van der Waals surface area contributed by atoms with Crippen molar-refractivity contribution in [2.45, 2.75) is 158 Å². The number of aliphatic hydroxyl groups is 1. The minimum Gasteiger partial charge on any atom is -0.507 e. The first kappa shape index (κ1) is 59.6. The van der Waals surface area contributed by atoms with Gasteiger partial charge in [0.25, 0.3) is 0 Å². The molecule has 5 saturated heterocycles. The summed E-state index contributed by atoms with van der Waals surface area (Å²) in [4.78, 5) is 66.3. The fourth-order valence-corrected chi connectivity index (χ4v) is 15.4. The van der Waals surface area contributed by atoms with Crippen molar-refractivity contribution in [2.75, 3.05) is 79.8 Å². The maximum atomic E-state index is 14.7. The number of anilines is 4. The van der Waals surface area contributed by atoms with E-state index in [9.17, 15) is 24.6 Å². The van der Waals surface area contributed by atoms with Crippen molar-refractivity contribution < 1.29 is 38.6 Å². The molecule has 6 atom stereocenters. The van der Waals surface area contributed by atoms with Gasteiger partial charge in [-0.05, 0) is 112 Å². The summed E-state index contributed by atoms with van der Waals surface area (Å²) in [6.07, 6.45) is 12.3. The normalized spacial score (nSPS) is 24.3. The summed E-state index contributed by atoms with van der Waals surface area (Å²) in [6.45, 7) is 12.2. The minimum atomic E-state index is -0.984. The van der Waals surface area contributed by atoms with E-state index in [1.54, 1.807) is 35.4 Å². The molecule has 466 valence electrons. The Morgan fingerprint density at radius 2 is 1.59 bits per heavy atom. The number of nitrogens with one attached hydrogen (secondary N) is 1. The number of phenols is 1. The molecule has 3 amide bonds. The van der Waals surface area contributed by atoms with Gasteiger partial charge in [-0.1, -0.05) is 55.4 Å². The van der Waals surface area contributed by atoms with Crippen LogP contribution in [0.4, 0.5) is 23.0 Å². The Bertz CT molecular complexity index is 3420. The number of ether oxygens (including phenoxy) is 2. The van der Waals surface area contributed by atoms with Crippen LogP contribution in [0.1, 0.15) is 120 Å². The van der Waals surface area contributed by atoms with E-state index in [0.717, 1.165) is 144 Å².